The molecule has 2 nitrogen and oxygen atoms in total. The van der Waals surface area contributed by atoms with E-state index >= 15 is 0 Å². The van der Waals surface area contributed by atoms with Gasteiger partial charge in [0.1, 0.15) is 5.75 Å². The Morgan fingerprint density at radius 2 is 1.89 bits per heavy atom. The molecule has 0 spiro atoms. The molecule has 0 saturated heterocycles. The summed E-state index contributed by atoms with van der Waals surface area (Å²) >= 11 is 0. The molecule has 0 fully saturated rings. The van der Waals surface area contributed by atoms with Gasteiger partial charge in [-0.3, -0.25) is 0 Å². The van der Waals surface area contributed by atoms with Gasteiger partial charge in [0.25, 0.3) is 0 Å². The fourth-order valence-corrected chi connectivity index (χ4v) is 1.81. The molecule has 1 aromatic carbocycles. The van der Waals surface area contributed by atoms with E-state index in [0.717, 1.165) is 25.2 Å². The molecule has 0 bridgehead atoms. The first-order valence-electron chi connectivity index (χ1n) is 7.26. The summed E-state index contributed by atoms with van der Waals surface area (Å²) in [6.07, 6.45) is 2.02. The van der Waals surface area contributed by atoms with E-state index in [9.17, 15) is 0 Å². The third kappa shape index (κ3) is 6.11. The van der Waals surface area contributed by atoms with Crippen LogP contribution in [0.3, 0.4) is 0 Å². The minimum absolute atomic E-state index is 0.172. The van der Waals surface area contributed by atoms with Crippen molar-refractivity contribution >= 4 is 0 Å². The highest BCUT2D eigenvalue weighted by Crippen LogP contribution is 2.22. The average Bonchev–Trinajstić information content (AvgIpc) is 2.32. The highest BCUT2D eigenvalue weighted by atomic mass is 16.5. The predicted octanol–water partition coefficient (Wildman–Crippen LogP) is 4.03. The molecule has 1 atom stereocenters. The quantitative estimate of drug-likeness (QED) is 0.841. The van der Waals surface area contributed by atoms with Crippen LogP contribution in [0.25, 0.3) is 0 Å². The normalized spacial score (nSPS) is 13.6. The Morgan fingerprint density at radius 1 is 1.21 bits per heavy atom. The van der Waals surface area contributed by atoms with Gasteiger partial charge in [0.05, 0.1) is 6.61 Å². The van der Waals surface area contributed by atoms with Crippen LogP contribution < -0.4 is 10.5 Å². The molecule has 0 aliphatic carbocycles. The fraction of sp³-hybridized carbons (Fsp3) is 0.647. The average molecular weight is 263 g/mol. The molecule has 1 aromatic rings. The lowest BCUT2D eigenvalue weighted by molar-refractivity contribution is 0.270. The number of aryl methyl sites for hydroxylation is 1. The number of ether oxygens (including phenoxy) is 1. The van der Waals surface area contributed by atoms with E-state index in [1.807, 2.05) is 6.07 Å². The van der Waals surface area contributed by atoms with Gasteiger partial charge in [0.2, 0.25) is 0 Å². The Labute approximate surface area is 118 Å². The molecule has 0 aromatic heterocycles. The third-order valence-corrected chi connectivity index (χ3v) is 3.34. The fourth-order valence-electron chi connectivity index (χ4n) is 1.81. The Morgan fingerprint density at radius 3 is 2.47 bits per heavy atom. The topological polar surface area (TPSA) is 35.2 Å². The second kappa shape index (κ2) is 6.95. The molecule has 1 rings (SSSR count). The van der Waals surface area contributed by atoms with Gasteiger partial charge in [0.15, 0.2) is 0 Å². The van der Waals surface area contributed by atoms with Crippen molar-refractivity contribution in [2.45, 2.75) is 53.5 Å². The Balaban J connectivity index is 2.53. The van der Waals surface area contributed by atoms with Crippen molar-refractivity contribution in [2.24, 2.45) is 17.1 Å². The van der Waals surface area contributed by atoms with Crippen LogP contribution in [-0.2, 0) is 6.42 Å². The highest BCUT2D eigenvalue weighted by molar-refractivity contribution is 5.28. The summed E-state index contributed by atoms with van der Waals surface area (Å²) in [5.41, 5.74) is 7.68. The maximum absolute atomic E-state index is 6.20. The van der Waals surface area contributed by atoms with Crippen LogP contribution in [0, 0.1) is 11.3 Å². The molecule has 0 aliphatic rings. The summed E-state index contributed by atoms with van der Waals surface area (Å²) in [4.78, 5) is 0. The van der Waals surface area contributed by atoms with Gasteiger partial charge in [-0.05, 0) is 41.9 Å². The van der Waals surface area contributed by atoms with Gasteiger partial charge < -0.3 is 10.5 Å². The van der Waals surface area contributed by atoms with Gasteiger partial charge in [-0.25, -0.2) is 0 Å². The van der Waals surface area contributed by atoms with E-state index in [0.29, 0.717) is 5.92 Å². The summed E-state index contributed by atoms with van der Waals surface area (Å²) in [7, 11) is 0. The first-order valence-corrected chi connectivity index (χ1v) is 7.26. The summed E-state index contributed by atoms with van der Waals surface area (Å²) in [5, 5.41) is 0. The first-order chi connectivity index (χ1) is 8.79. The van der Waals surface area contributed by atoms with Crippen LogP contribution >= 0.6 is 0 Å². The molecule has 2 N–H and O–H groups in total. The summed E-state index contributed by atoms with van der Waals surface area (Å²) in [6.45, 7) is 11.7. The number of hydrogen-bond acceptors (Lipinski definition) is 2. The zero-order valence-corrected chi connectivity index (χ0v) is 13.1. The summed E-state index contributed by atoms with van der Waals surface area (Å²) in [5.74, 6) is 1.52. The van der Waals surface area contributed by atoms with E-state index in [2.05, 4.69) is 52.8 Å². The molecule has 108 valence electrons. The van der Waals surface area contributed by atoms with Gasteiger partial charge in [-0.2, -0.15) is 0 Å². The molecule has 0 heterocycles. The molecule has 0 aliphatic heterocycles. The number of rotatable bonds is 6. The van der Waals surface area contributed by atoms with Crippen molar-refractivity contribution in [3.05, 3.63) is 29.8 Å². The van der Waals surface area contributed by atoms with Crippen molar-refractivity contribution in [1.82, 2.24) is 0 Å². The van der Waals surface area contributed by atoms with Crippen LogP contribution in [0.1, 0.15) is 46.6 Å². The molecule has 19 heavy (non-hydrogen) atoms. The Hall–Kier alpha value is -1.02. The largest absolute Gasteiger partial charge is 0.493 e. The SMILES string of the molecule is CC(C)COc1cccc(CCC(N)C(C)(C)C)c1. The zero-order valence-electron chi connectivity index (χ0n) is 13.1. The second-order valence-corrected chi connectivity index (χ2v) is 6.86. The molecule has 0 saturated carbocycles. The standard InChI is InChI=1S/C17H29NO/c1-13(2)12-19-15-8-6-7-14(11-15)9-10-16(18)17(3,4)5/h6-8,11,13,16H,9-10,12,18H2,1-5H3. The van der Waals surface area contributed by atoms with Gasteiger partial charge in [0, 0.05) is 6.04 Å². The maximum atomic E-state index is 6.20. The number of hydrogen-bond donors (Lipinski definition) is 1. The predicted molar refractivity (Wildman–Crippen MR) is 82.5 cm³/mol. The first kappa shape index (κ1) is 16.0. The number of benzene rings is 1. The minimum atomic E-state index is 0.172. The Bertz CT molecular complexity index is 379. The minimum Gasteiger partial charge on any atom is -0.493 e. The lowest BCUT2D eigenvalue weighted by Crippen LogP contribution is -2.35. The van der Waals surface area contributed by atoms with E-state index in [4.69, 9.17) is 10.5 Å². The summed E-state index contributed by atoms with van der Waals surface area (Å²) < 4.78 is 5.75. The lowest BCUT2D eigenvalue weighted by Gasteiger charge is -2.27. The lowest BCUT2D eigenvalue weighted by atomic mass is 9.84. The van der Waals surface area contributed by atoms with E-state index in [1.165, 1.54) is 5.56 Å². The highest BCUT2D eigenvalue weighted by Gasteiger charge is 2.19. The molecular weight excluding hydrogens is 234 g/mol. The number of nitrogens with two attached hydrogens (primary N) is 1. The van der Waals surface area contributed by atoms with Crippen molar-refractivity contribution in [3.8, 4) is 5.75 Å². The van der Waals surface area contributed by atoms with Crippen molar-refractivity contribution in [2.75, 3.05) is 6.61 Å². The molecule has 2 heteroatoms. The smallest absolute Gasteiger partial charge is 0.119 e. The van der Waals surface area contributed by atoms with Crippen molar-refractivity contribution in [3.63, 3.8) is 0 Å². The van der Waals surface area contributed by atoms with E-state index in [1.54, 1.807) is 0 Å². The van der Waals surface area contributed by atoms with Crippen LogP contribution in [0.15, 0.2) is 24.3 Å². The van der Waals surface area contributed by atoms with Crippen LogP contribution in [0.2, 0.25) is 0 Å². The molecule has 0 amide bonds. The third-order valence-electron chi connectivity index (χ3n) is 3.34. The molecular formula is C17H29NO. The second-order valence-electron chi connectivity index (χ2n) is 6.86. The maximum Gasteiger partial charge on any atom is 0.119 e. The summed E-state index contributed by atoms with van der Waals surface area (Å²) in [6, 6.07) is 8.60. The molecule has 1 unspecified atom stereocenters. The van der Waals surface area contributed by atoms with Gasteiger partial charge in [-0.15, -0.1) is 0 Å². The van der Waals surface area contributed by atoms with Crippen LogP contribution in [-0.4, -0.2) is 12.6 Å². The van der Waals surface area contributed by atoms with Crippen molar-refractivity contribution in [1.29, 1.82) is 0 Å². The van der Waals surface area contributed by atoms with E-state index < -0.39 is 0 Å². The van der Waals surface area contributed by atoms with Crippen LogP contribution in [0.4, 0.5) is 0 Å². The monoisotopic (exact) mass is 263 g/mol. The van der Waals surface area contributed by atoms with Crippen LogP contribution in [0.5, 0.6) is 5.75 Å². The Kier molecular flexibility index (Phi) is 5.86. The zero-order chi connectivity index (χ0) is 14.5. The van der Waals surface area contributed by atoms with E-state index in [-0.39, 0.29) is 11.5 Å². The van der Waals surface area contributed by atoms with Crippen molar-refractivity contribution < 1.29 is 4.74 Å². The van der Waals surface area contributed by atoms with Gasteiger partial charge in [-0.1, -0.05) is 46.8 Å². The molecule has 0 radical (unpaired) electrons. The van der Waals surface area contributed by atoms with Gasteiger partial charge >= 0.3 is 0 Å².